The first kappa shape index (κ1) is 16.2. The number of hydrogen-bond acceptors (Lipinski definition) is 3. The summed E-state index contributed by atoms with van der Waals surface area (Å²) in [5, 5.41) is 4.90. The summed E-state index contributed by atoms with van der Waals surface area (Å²) in [6.07, 6.45) is 2.66. The summed E-state index contributed by atoms with van der Waals surface area (Å²) in [5.41, 5.74) is 1.34. The quantitative estimate of drug-likeness (QED) is 0.427. The third-order valence-corrected chi connectivity index (χ3v) is 4.59. The highest BCUT2D eigenvalue weighted by Crippen LogP contribution is 2.17. The third-order valence-electron chi connectivity index (χ3n) is 3.29. The van der Waals surface area contributed by atoms with Crippen LogP contribution in [0.2, 0.25) is 0 Å². The summed E-state index contributed by atoms with van der Waals surface area (Å²) in [6.45, 7) is 1.85. The number of thiophene rings is 1. The maximum atomic E-state index is 12.0. The van der Waals surface area contributed by atoms with Crippen molar-refractivity contribution in [3.8, 4) is 0 Å². The Balaban J connectivity index is 1.56. The molecule has 0 aliphatic heterocycles. The Morgan fingerprint density at radius 2 is 1.95 bits per heavy atom. The molecule has 0 saturated heterocycles. The molecule has 21 heavy (non-hydrogen) atoms. The van der Waals surface area contributed by atoms with E-state index in [1.54, 1.807) is 0 Å². The predicted octanol–water partition coefficient (Wildman–Crippen LogP) is 4.15. The minimum absolute atomic E-state index is 0.0518. The summed E-state index contributed by atoms with van der Waals surface area (Å²) in [6, 6.07) is 14.1. The molecule has 1 N–H and O–H groups in total. The number of carbonyl (C=O) groups excluding carboxylic acids is 1. The van der Waals surface area contributed by atoms with Gasteiger partial charge >= 0.3 is 0 Å². The van der Waals surface area contributed by atoms with E-state index in [0.29, 0.717) is 0 Å². The van der Waals surface area contributed by atoms with Crippen LogP contribution in [0.5, 0.6) is 0 Å². The van der Waals surface area contributed by atoms with E-state index in [-0.39, 0.29) is 5.78 Å². The first-order valence-corrected chi connectivity index (χ1v) is 8.55. The molecule has 1 aromatic carbocycles. The van der Waals surface area contributed by atoms with E-state index < -0.39 is 5.38 Å². The van der Waals surface area contributed by atoms with Crippen LogP contribution in [0.15, 0.2) is 47.8 Å². The van der Waals surface area contributed by atoms with Crippen molar-refractivity contribution in [3.05, 3.63) is 58.3 Å². The average molecular weight is 322 g/mol. The first-order valence-electron chi connectivity index (χ1n) is 7.24. The van der Waals surface area contributed by atoms with Gasteiger partial charge in [-0.3, -0.25) is 4.79 Å². The van der Waals surface area contributed by atoms with Crippen LogP contribution >= 0.6 is 22.9 Å². The molecule has 0 aliphatic carbocycles. The van der Waals surface area contributed by atoms with Gasteiger partial charge < -0.3 is 5.32 Å². The largest absolute Gasteiger partial charge is 0.316 e. The lowest BCUT2D eigenvalue weighted by atomic mass is 10.1. The number of benzene rings is 1. The summed E-state index contributed by atoms with van der Waals surface area (Å²) in [5.74, 6) is 0.0518. The van der Waals surface area contributed by atoms with Crippen molar-refractivity contribution in [2.24, 2.45) is 0 Å². The second-order valence-electron chi connectivity index (χ2n) is 4.94. The number of ketones is 1. The zero-order valence-electron chi connectivity index (χ0n) is 11.9. The monoisotopic (exact) mass is 321 g/mol. The van der Waals surface area contributed by atoms with Crippen LogP contribution in [0, 0.1) is 0 Å². The molecule has 0 aliphatic rings. The van der Waals surface area contributed by atoms with Gasteiger partial charge in [0.25, 0.3) is 0 Å². The number of hydrogen-bond donors (Lipinski definition) is 1. The van der Waals surface area contributed by atoms with E-state index in [1.807, 2.05) is 23.6 Å². The molecule has 0 radical (unpaired) electrons. The number of alkyl halides is 1. The van der Waals surface area contributed by atoms with Gasteiger partial charge in [-0.15, -0.1) is 22.9 Å². The topological polar surface area (TPSA) is 29.1 Å². The van der Waals surface area contributed by atoms with Gasteiger partial charge in [0.15, 0.2) is 5.78 Å². The molecule has 0 bridgehead atoms. The van der Waals surface area contributed by atoms with E-state index in [9.17, 15) is 4.79 Å². The van der Waals surface area contributed by atoms with Crippen LogP contribution in [0.4, 0.5) is 0 Å². The van der Waals surface area contributed by atoms with Crippen molar-refractivity contribution in [1.82, 2.24) is 5.32 Å². The fourth-order valence-electron chi connectivity index (χ4n) is 2.11. The Labute approximate surface area is 135 Å². The highest BCUT2D eigenvalue weighted by Gasteiger charge is 2.17. The second kappa shape index (κ2) is 8.98. The van der Waals surface area contributed by atoms with Crippen LogP contribution in [0.1, 0.15) is 28.1 Å². The van der Waals surface area contributed by atoms with Crippen LogP contribution in [0.3, 0.4) is 0 Å². The third kappa shape index (κ3) is 5.62. The van der Waals surface area contributed by atoms with Crippen molar-refractivity contribution in [2.45, 2.75) is 24.6 Å². The molecule has 0 saturated carbocycles. The van der Waals surface area contributed by atoms with Crippen LogP contribution in [-0.2, 0) is 6.42 Å². The normalized spacial score (nSPS) is 12.2. The summed E-state index contributed by atoms with van der Waals surface area (Å²) < 4.78 is 0. The van der Waals surface area contributed by atoms with Gasteiger partial charge in [0, 0.05) is 0 Å². The summed E-state index contributed by atoms with van der Waals surface area (Å²) in [4.78, 5) is 12.7. The van der Waals surface area contributed by atoms with Gasteiger partial charge in [0.2, 0.25) is 0 Å². The molecule has 1 unspecified atom stereocenters. The molecule has 112 valence electrons. The SMILES string of the molecule is O=C(c1cccs1)C(Cl)CCCNCCc1ccccc1. The number of nitrogens with one attached hydrogen (secondary N) is 1. The Morgan fingerprint density at radius 3 is 2.67 bits per heavy atom. The van der Waals surface area contributed by atoms with Gasteiger partial charge in [-0.2, -0.15) is 0 Å². The van der Waals surface area contributed by atoms with Gasteiger partial charge in [0.05, 0.1) is 10.3 Å². The molecule has 1 atom stereocenters. The van der Waals surface area contributed by atoms with Crippen molar-refractivity contribution in [3.63, 3.8) is 0 Å². The number of carbonyl (C=O) groups is 1. The van der Waals surface area contributed by atoms with E-state index >= 15 is 0 Å². The van der Waals surface area contributed by atoms with E-state index in [1.165, 1.54) is 16.9 Å². The summed E-state index contributed by atoms with van der Waals surface area (Å²) >= 11 is 7.62. The molecule has 2 nitrogen and oxygen atoms in total. The predicted molar refractivity (Wildman–Crippen MR) is 90.5 cm³/mol. The van der Waals surface area contributed by atoms with Crippen LogP contribution < -0.4 is 5.32 Å². The van der Waals surface area contributed by atoms with E-state index in [4.69, 9.17) is 11.6 Å². The van der Waals surface area contributed by atoms with Gasteiger partial charge in [-0.05, 0) is 49.4 Å². The van der Waals surface area contributed by atoms with Crippen molar-refractivity contribution < 1.29 is 4.79 Å². The highest BCUT2D eigenvalue weighted by atomic mass is 35.5. The molecular formula is C17H20ClNOS. The minimum Gasteiger partial charge on any atom is -0.316 e. The van der Waals surface area contributed by atoms with Crippen LogP contribution in [0.25, 0.3) is 0 Å². The lowest BCUT2D eigenvalue weighted by Gasteiger charge is -2.08. The Kier molecular flexibility index (Phi) is 6.93. The van der Waals surface area contributed by atoms with Crippen LogP contribution in [-0.4, -0.2) is 24.2 Å². The first-order chi connectivity index (χ1) is 10.3. The number of rotatable bonds is 9. The molecule has 1 aromatic heterocycles. The van der Waals surface area contributed by atoms with E-state index in [2.05, 4.69) is 29.6 Å². The Bertz CT molecular complexity index is 527. The standard InChI is InChI=1S/C17H20ClNOS/c18-15(17(20)16-9-5-13-21-16)8-4-11-19-12-10-14-6-2-1-3-7-14/h1-3,5-7,9,13,15,19H,4,8,10-12H2. The molecule has 2 aromatic rings. The van der Waals surface area contributed by atoms with Gasteiger partial charge in [-0.25, -0.2) is 0 Å². The molecule has 4 heteroatoms. The maximum Gasteiger partial charge on any atom is 0.190 e. The lowest BCUT2D eigenvalue weighted by molar-refractivity contribution is 0.0987. The van der Waals surface area contributed by atoms with Crippen molar-refractivity contribution in [1.29, 1.82) is 0 Å². The van der Waals surface area contributed by atoms with Crippen molar-refractivity contribution in [2.75, 3.05) is 13.1 Å². The smallest absolute Gasteiger partial charge is 0.190 e. The molecule has 2 rings (SSSR count). The van der Waals surface area contributed by atoms with Gasteiger partial charge in [0.1, 0.15) is 0 Å². The molecule has 0 spiro atoms. The minimum atomic E-state index is -0.403. The van der Waals surface area contributed by atoms with E-state index in [0.717, 1.165) is 37.2 Å². The lowest BCUT2D eigenvalue weighted by Crippen LogP contribution is -2.21. The maximum absolute atomic E-state index is 12.0. The zero-order valence-corrected chi connectivity index (χ0v) is 13.5. The number of halogens is 1. The second-order valence-corrected chi connectivity index (χ2v) is 6.41. The zero-order chi connectivity index (χ0) is 14.9. The molecular weight excluding hydrogens is 302 g/mol. The summed E-state index contributed by atoms with van der Waals surface area (Å²) in [7, 11) is 0. The fourth-order valence-corrected chi connectivity index (χ4v) is 3.17. The average Bonchev–Trinajstić information content (AvgIpc) is 3.05. The van der Waals surface area contributed by atoms with Crippen molar-refractivity contribution >= 4 is 28.7 Å². The number of Topliss-reactive ketones (excluding diaryl/α,β-unsaturated/α-hetero) is 1. The highest BCUT2D eigenvalue weighted by molar-refractivity contribution is 7.12. The fraction of sp³-hybridized carbons (Fsp3) is 0.353. The van der Waals surface area contributed by atoms with Gasteiger partial charge in [-0.1, -0.05) is 36.4 Å². The Hall–Kier alpha value is -1.16. The molecule has 0 amide bonds. The molecule has 0 fully saturated rings. The Morgan fingerprint density at radius 1 is 1.14 bits per heavy atom. The molecule has 1 heterocycles.